The van der Waals surface area contributed by atoms with Crippen LogP contribution in [0.2, 0.25) is 0 Å². The highest BCUT2D eigenvalue weighted by atomic mass is 16.3. The third-order valence-electron chi connectivity index (χ3n) is 1.84. The van der Waals surface area contributed by atoms with Gasteiger partial charge in [0.1, 0.15) is 0 Å². The molecule has 2 nitrogen and oxygen atoms in total. The van der Waals surface area contributed by atoms with Gasteiger partial charge < -0.3 is 5.11 Å². The number of ketones is 1. The predicted octanol–water partition coefficient (Wildman–Crippen LogP) is 0.904. The Morgan fingerprint density at radius 3 is 3.10 bits per heavy atom. The highest BCUT2D eigenvalue weighted by Gasteiger charge is 2.16. The molecule has 0 heterocycles. The molecule has 0 saturated heterocycles. The second kappa shape index (κ2) is 3.52. The minimum Gasteiger partial charge on any atom is -0.396 e. The average molecular weight is 140 g/mol. The lowest BCUT2D eigenvalue weighted by Crippen LogP contribution is -2.16. The van der Waals surface area contributed by atoms with Crippen molar-refractivity contribution in [1.29, 1.82) is 0 Å². The van der Waals surface area contributed by atoms with Crippen LogP contribution in [-0.4, -0.2) is 17.5 Å². The Labute approximate surface area is 60.6 Å². The van der Waals surface area contributed by atoms with Crippen LogP contribution in [0.15, 0.2) is 12.2 Å². The van der Waals surface area contributed by atoms with E-state index < -0.39 is 0 Å². The van der Waals surface area contributed by atoms with Crippen molar-refractivity contribution in [3.63, 3.8) is 0 Å². The van der Waals surface area contributed by atoms with Gasteiger partial charge in [-0.25, -0.2) is 0 Å². The van der Waals surface area contributed by atoms with Gasteiger partial charge in [-0.05, 0) is 25.3 Å². The fourth-order valence-electron chi connectivity index (χ4n) is 1.22. The fourth-order valence-corrected chi connectivity index (χ4v) is 1.22. The van der Waals surface area contributed by atoms with Crippen molar-refractivity contribution in [3.8, 4) is 0 Å². The number of hydrogen-bond acceptors (Lipinski definition) is 2. The second-order valence-electron chi connectivity index (χ2n) is 2.59. The van der Waals surface area contributed by atoms with Crippen molar-refractivity contribution >= 4 is 5.78 Å². The van der Waals surface area contributed by atoms with Crippen LogP contribution in [0, 0.1) is 5.92 Å². The van der Waals surface area contributed by atoms with E-state index in [2.05, 4.69) is 0 Å². The van der Waals surface area contributed by atoms with Gasteiger partial charge in [-0.1, -0.05) is 6.08 Å². The molecule has 1 aliphatic carbocycles. The minimum absolute atomic E-state index is 0.0926. The Balaban J connectivity index is 2.44. The first-order valence-electron chi connectivity index (χ1n) is 3.66. The molecule has 0 aliphatic heterocycles. The zero-order chi connectivity index (χ0) is 7.40. The van der Waals surface area contributed by atoms with Crippen molar-refractivity contribution in [1.82, 2.24) is 0 Å². The molecule has 0 radical (unpaired) electrons. The summed E-state index contributed by atoms with van der Waals surface area (Å²) < 4.78 is 0. The van der Waals surface area contributed by atoms with Crippen molar-refractivity contribution in [2.45, 2.75) is 19.3 Å². The Morgan fingerprint density at radius 1 is 1.70 bits per heavy atom. The number of hydrogen-bond donors (Lipinski definition) is 1. The van der Waals surface area contributed by atoms with Crippen molar-refractivity contribution in [3.05, 3.63) is 12.2 Å². The molecule has 0 fully saturated rings. The molecule has 0 spiro atoms. The molecule has 1 N–H and O–H groups in total. The number of carbonyl (C=O) groups is 1. The lowest BCUT2D eigenvalue weighted by atomic mass is 9.91. The summed E-state index contributed by atoms with van der Waals surface area (Å²) in [6.45, 7) is 0.129. The molecular formula is C8H12O2. The molecule has 0 aromatic carbocycles. The molecule has 1 unspecified atom stereocenters. The zero-order valence-electron chi connectivity index (χ0n) is 5.92. The zero-order valence-corrected chi connectivity index (χ0v) is 5.92. The molecule has 10 heavy (non-hydrogen) atoms. The smallest absolute Gasteiger partial charge is 0.158 e. The summed E-state index contributed by atoms with van der Waals surface area (Å²) in [6.07, 6.45) is 6.05. The topological polar surface area (TPSA) is 37.3 Å². The third kappa shape index (κ3) is 1.67. The van der Waals surface area contributed by atoms with E-state index in [1.165, 1.54) is 0 Å². The van der Waals surface area contributed by atoms with E-state index in [1.54, 1.807) is 6.08 Å². The minimum atomic E-state index is 0.0926. The van der Waals surface area contributed by atoms with Crippen molar-refractivity contribution in [2.75, 3.05) is 6.61 Å². The largest absolute Gasteiger partial charge is 0.396 e. The second-order valence-corrected chi connectivity index (χ2v) is 2.59. The summed E-state index contributed by atoms with van der Waals surface area (Å²) in [5.74, 6) is 0.273. The Bertz CT molecular complexity index is 149. The van der Waals surface area contributed by atoms with E-state index in [9.17, 15) is 4.79 Å². The van der Waals surface area contributed by atoms with Crippen LogP contribution in [0.3, 0.4) is 0 Å². The quantitative estimate of drug-likeness (QED) is 0.618. The molecule has 0 saturated carbocycles. The number of aliphatic hydroxyl groups is 1. The molecule has 1 rings (SSSR count). The summed E-state index contributed by atoms with van der Waals surface area (Å²) in [5.41, 5.74) is 0. The summed E-state index contributed by atoms with van der Waals surface area (Å²) >= 11 is 0. The first-order valence-corrected chi connectivity index (χ1v) is 3.66. The van der Waals surface area contributed by atoms with Gasteiger partial charge >= 0.3 is 0 Å². The molecule has 0 aromatic rings. The molecule has 0 aromatic heterocycles. The maximum absolute atomic E-state index is 11.0. The predicted molar refractivity (Wildman–Crippen MR) is 38.6 cm³/mol. The van der Waals surface area contributed by atoms with E-state index in [4.69, 9.17) is 5.11 Å². The maximum atomic E-state index is 11.0. The van der Waals surface area contributed by atoms with Gasteiger partial charge in [0.05, 0.1) is 0 Å². The van der Waals surface area contributed by atoms with Crippen LogP contribution in [0.5, 0.6) is 0 Å². The van der Waals surface area contributed by atoms with E-state index in [-0.39, 0.29) is 18.3 Å². The average Bonchev–Trinajstić information content (AvgIpc) is 1.94. The number of rotatable bonds is 2. The van der Waals surface area contributed by atoms with E-state index in [0.717, 1.165) is 12.8 Å². The number of aliphatic hydroxyl groups excluding tert-OH is 1. The SMILES string of the molecule is O=C1C=CCCC1CCO. The van der Waals surface area contributed by atoms with Gasteiger partial charge in [0.25, 0.3) is 0 Å². The first-order chi connectivity index (χ1) is 4.84. The van der Waals surface area contributed by atoms with Gasteiger partial charge in [0.2, 0.25) is 0 Å². The van der Waals surface area contributed by atoms with Gasteiger partial charge in [-0.2, -0.15) is 0 Å². The third-order valence-corrected chi connectivity index (χ3v) is 1.84. The monoisotopic (exact) mass is 140 g/mol. The van der Waals surface area contributed by atoms with Crippen LogP contribution < -0.4 is 0 Å². The van der Waals surface area contributed by atoms with Crippen LogP contribution in [0.1, 0.15) is 19.3 Å². The molecule has 1 atom stereocenters. The van der Waals surface area contributed by atoms with E-state index in [0.29, 0.717) is 6.42 Å². The molecular weight excluding hydrogens is 128 g/mol. The normalized spacial score (nSPS) is 25.3. The first kappa shape index (κ1) is 7.48. The maximum Gasteiger partial charge on any atom is 0.158 e. The summed E-state index contributed by atoms with van der Waals surface area (Å²) in [7, 11) is 0. The highest BCUT2D eigenvalue weighted by Crippen LogP contribution is 2.17. The molecule has 0 amide bonds. The van der Waals surface area contributed by atoms with Crippen molar-refractivity contribution < 1.29 is 9.90 Å². The Kier molecular flexibility index (Phi) is 2.63. The van der Waals surface area contributed by atoms with Gasteiger partial charge in [0.15, 0.2) is 5.78 Å². The van der Waals surface area contributed by atoms with Gasteiger partial charge in [-0.15, -0.1) is 0 Å². The van der Waals surface area contributed by atoms with E-state index in [1.807, 2.05) is 6.08 Å². The lowest BCUT2D eigenvalue weighted by Gasteiger charge is -2.14. The van der Waals surface area contributed by atoms with Crippen LogP contribution in [0.4, 0.5) is 0 Å². The van der Waals surface area contributed by atoms with Crippen LogP contribution >= 0.6 is 0 Å². The van der Waals surface area contributed by atoms with Crippen LogP contribution in [0.25, 0.3) is 0 Å². The molecule has 0 bridgehead atoms. The van der Waals surface area contributed by atoms with Gasteiger partial charge in [0, 0.05) is 12.5 Å². The van der Waals surface area contributed by atoms with Gasteiger partial charge in [-0.3, -0.25) is 4.79 Å². The van der Waals surface area contributed by atoms with Crippen molar-refractivity contribution in [2.24, 2.45) is 5.92 Å². The fraction of sp³-hybridized carbons (Fsp3) is 0.625. The van der Waals surface area contributed by atoms with E-state index >= 15 is 0 Å². The molecule has 1 aliphatic rings. The summed E-state index contributed by atoms with van der Waals surface area (Å²) in [6, 6.07) is 0. The Morgan fingerprint density at radius 2 is 2.50 bits per heavy atom. The number of carbonyl (C=O) groups excluding carboxylic acids is 1. The lowest BCUT2D eigenvalue weighted by molar-refractivity contribution is -0.119. The summed E-state index contributed by atoms with van der Waals surface area (Å²) in [5, 5.41) is 8.56. The Hall–Kier alpha value is -0.630. The number of allylic oxidation sites excluding steroid dienone is 2. The molecule has 2 heteroatoms. The molecule has 56 valence electrons. The standard InChI is InChI=1S/C8H12O2/c9-6-5-7-3-1-2-4-8(7)10/h2,4,7,9H,1,3,5-6H2. The highest BCUT2D eigenvalue weighted by molar-refractivity contribution is 5.92. The summed E-state index contributed by atoms with van der Waals surface area (Å²) in [4.78, 5) is 11.0. The van der Waals surface area contributed by atoms with Crippen LogP contribution in [-0.2, 0) is 4.79 Å².